The van der Waals surface area contributed by atoms with Gasteiger partial charge in [-0.1, -0.05) is 0 Å². The molecule has 2 heterocycles. The Balaban J connectivity index is 1.15. The normalized spacial score (nSPS) is 11.4. The molecule has 0 fully saturated rings. The predicted molar refractivity (Wildman–Crippen MR) is 172 cm³/mol. The lowest BCUT2D eigenvalue weighted by molar-refractivity contribution is -0.116. The molecule has 236 valence electrons. The van der Waals surface area contributed by atoms with E-state index in [9.17, 15) is 26.4 Å². The molecule has 45 heavy (non-hydrogen) atoms. The van der Waals surface area contributed by atoms with E-state index in [4.69, 9.17) is 0 Å². The molecule has 4 rings (SSSR count). The topological polar surface area (TPSA) is 202 Å². The smallest absolute Gasteiger partial charge is 0.264 e. The highest BCUT2D eigenvalue weighted by Gasteiger charge is 2.17. The van der Waals surface area contributed by atoms with E-state index in [-0.39, 0.29) is 46.3 Å². The van der Waals surface area contributed by atoms with Crippen LogP contribution in [0.25, 0.3) is 0 Å². The Hall–Kier alpha value is -4.61. The SMILES string of the molecule is Cc1ccnc(NS(=O)(=O)c2ccc(NC(=O)CCSCCC(=O)Nc3ccc(S(=O)(=O)Nc4nccc(C)n4)cc3)cc2)n1. The number of sulfonamides is 2. The Morgan fingerprint density at radius 3 is 1.36 bits per heavy atom. The first-order valence-electron chi connectivity index (χ1n) is 13.4. The van der Waals surface area contributed by atoms with E-state index in [1.807, 2.05) is 0 Å². The van der Waals surface area contributed by atoms with Crippen LogP contribution in [-0.4, -0.2) is 60.1 Å². The number of benzene rings is 2. The number of hydrogen-bond acceptors (Lipinski definition) is 11. The fourth-order valence-corrected chi connectivity index (χ4v) is 6.43. The van der Waals surface area contributed by atoms with Gasteiger partial charge in [0, 0.05) is 59.5 Å². The lowest BCUT2D eigenvalue weighted by Crippen LogP contribution is -2.16. The Bertz CT molecular complexity index is 1730. The summed E-state index contributed by atoms with van der Waals surface area (Å²) in [5.41, 5.74) is 2.11. The maximum Gasteiger partial charge on any atom is 0.264 e. The molecular weight excluding hydrogens is 641 g/mol. The molecule has 2 aromatic carbocycles. The highest BCUT2D eigenvalue weighted by Crippen LogP contribution is 2.19. The van der Waals surface area contributed by atoms with Gasteiger partial charge in [0.1, 0.15) is 0 Å². The number of nitrogens with zero attached hydrogens (tertiary/aromatic N) is 4. The molecule has 2 aromatic heterocycles. The third-order valence-electron chi connectivity index (χ3n) is 5.88. The van der Waals surface area contributed by atoms with E-state index in [1.54, 1.807) is 26.0 Å². The Labute approximate surface area is 265 Å². The number of aryl methyl sites for hydroxylation is 2. The maximum atomic E-state index is 12.6. The van der Waals surface area contributed by atoms with Crippen LogP contribution in [0.1, 0.15) is 24.2 Å². The summed E-state index contributed by atoms with van der Waals surface area (Å²) in [7, 11) is -7.80. The second-order valence-electron chi connectivity index (χ2n) is 9.51. The average Bonchev–Trinajstić information content (AvgIpc) is 2.97. The molecule has 0 saturated carbocycles. The van der Waals surface area contributed by atoms with E-state index in [1.165, 1.54) is 72.7 Å². The van der Waals surface area contributed by atoms with Crippen LogP contribution in [-0.2, 0) is 29.6 Å². The fourth-order valence-electron chi connectivity index (χ4n) is 3.67. The summed E-state index contributed by atoms with van der Waals surface area (Å²) in [5, 5.41) is 5.43. The molecule has 17 heteroatoms. The summed E-state index contributed by atoms with van der Waals surface area (Å²) < 4.78 is 54.9. The molecule has 0 aliphatic heterocycles. The van der Waals surface area contributed by atoms with Crippen LogP contribution < -0.4 is 20.1 Å². The number of aromatic nitrogens is 4. The van der Waals surface area contributed by atoms with E-state index in [2.05, 4.69) is 40.0 Å². The number of hydrogen-bond donors (Lipinski definition) is 4. The van der Waals surface area contributed by atoms with Crippen molar-refractivity contribution in [2.24, 2.45) is 0 Å². The Morgan fingerprint density at radius 2 is 1.00 bits per heavy atom. The van der Waals surface area contributed by atoms with Gasteiger partial charge in [0.2, 0.25) is 23.7 Å². The van der Waals surface area contributed by atoms with Crippen LogP contribution in [0.2, 0.25) is 0 Å². The highest BCUT2D eigenvalue weighted by atomic mass is 32.2. The van der Waals surface area contributed by atoms with E-state index >= 15 is 0 Å². The van der Waals surface area contributed by atoms with Gasteiger partial charge >= 0.3 is 0 Å². The van der Waals surface area contributed by atoms with Crippen LogP contribution >= 0.6 is 11.8 Å². The van der Waals surface area contributed by atoms with Gasteiger partial charge in [-0.25, -0.2) is 46.2 Å². The molecule has 0 aliphatic rings. The second kappa shape index (κ2) is 14.9. The number of anilines is 4. The van der Waals surface area contributed by atoms with Crippen molar-refractivity contribution in [1.29, 1.82) is 0 Å². The van der Waals surface area contributed by atoms with Crippen LogP contribution in [0.4, 0.5) is 23.3 Å². The van der Waals surface area contributed by atoms with Crippen molar-refractivity contribution >= 4 is 66.9 Å². The first-order valence-corrected chi connectivity index (χ1v) is 17.5. The zero-order chi connectivity index (χ0) is 32.5. The van der Waals surface area contributed by atoms with Gasteiger partial charge < -0.3 is 10.6 Å². The van der Waals surface area contributed by atoms with E-state index in [0.717, 1.165) is 0 Å². The highest BCUT2D eigenvalue weighted by molar-refractivity contribution is 7.99. The summed E-state index contributed by atoms with van der Waals surface area (Å²) in [6.07, 6.45) is 3.28. The third-order valence-corrected chi connectivity index (χ3v) is 9.56. The fraction of sp³-hybridized carbons (Fsp3) is 0.214. The summed E-state index contributed by atoms with van der Waals surface area (Å²) in [6, 6.07) is 14.7. The minimum absolute atomic E-state index is 0.00866. The van der Waals surface area contributed by atoms with Gasteiger partial charge in [-0.2, -0.15) is 11.8 Å². The summed E-state index contributed by atoms with van der Waals surface area (Å²) in [4.78, 5) is 40.5. The second-order valence-corrected chi connectivity index (χ2v) is 14.1. The minimum atomic E-state index is -3.90. The molecule has 0 aliphatic carbocycles. The van der Waals surface area contributed by atoms with Gasteiger partial charge in [0.05, 0.1) is 9.79 Å². The summed E-state index contributed by atoms with van der Waals surface area (Å²) in [6.45, 7) is 3.44. The van der Waals surface area contributed by atoms with Gasteiger partial charge in [-0.05, 0) is 74.5 Å². The first-order chi connectivity index (χ1) is 21.4. The molecule has 4 N–H and O–H groups in total. The molecule has 2 amide bonds. The Kier molecular flexibility index (Phi) is 11.0. The number of thioether (sulfide) groups is 1. The summed E-state index contributed by atoms with van der Waals surface area (Å²) >= 11 is 1.43. The van der Waals surface area contributed by atoms with E-state index in [0.29, 0.717) is 34.3 Å². The molecule has 0 bridgehead atoms. The van der Waals surface area contributed by atoms with Crippen LogP contribution in [0.5, 0.6) is 0 Å². The quantitative estimate of drug-likeness (QED) is 0.143. The Morgan fingerprint density at radius 1 is 0.622 bits per heavy atom. The number of nitrogens with one attached hydrogen (secondary N) is 4. The lowest BCUT2D eigenvalue weighted by Gasteiger charge is -2.09. The van der Waals surface area contributed by atoms with Gasteiger partial charge in [-0.15, -0.1) is 0 Å². The van der Waals surface area contributed by atoms with Gasteiger partial charge in [-0.3, -0.25) is 9.59 Å². The monoisotopic (exact) mass is 670 g/mol. The molecule has 14 nitrogen and oxygen atoms in total. The van der Waals surface area contributed by atoms with Crippen molar-refractivity contribution in [3.05, 3.63) is 84.4 Å². The van der Waals surface area contributed by atoms with Crippen molar-refractivity contribution in [3.8, 4) is 0 Å². The van der Waals surface area contributed by atoms with Gasteiger partial charge in [0.25, 0.3) is 20.0 Å². The minimum Gasteiger partial charge on any atom is -0.326 e. The van der Waals surface area contributed by atoms with Crippen molar-refractivity contribution in [2.75, 3.05) is 31.6 Å². The zero-order valence-corrected chi connectivity index (χ0v) is 26.7. The molecule has 4 aromatic rings. The van der Waals surface area contributed by atoms with Crippen molar-refractivity contribution < 1.29 is 26.4 Å². The van der Waals surface area contributed by atoms with Crippen LogP contribution in [0.15, 0.2) is 82.8 Å². The predicted octanol–water partition coefficient (Wildman–Crippen LogP) is 3.58. The standard InChI is InChI=1S/C28H30N8O6S3/c1-19-11-15-29-27(31-19)35-44(39,40)23-7-3-21(4-8-23)33-25(37)13-17-43-18-14-26(38)34-22-5-9-24(10-6-22)45(41,42)36-28-30-16-12-20(2)32-28/h3-12,15-16H,13-14,17-18H2,1-2H3,(H,33,37)(H,34,38)(H,29,31,35)(H,30,32,36). The molecule has 0 spiro atoms. The molecule has 0 unspecified atom stereocenters. The summed E-state index contributed by atoms with van der Waals surface area (Å²) in [5.74, 6) is 0.354. The van der Waals surface area contributed by atoms with Crippen molar-refractivity contribution in [2.45, 2.75) is 36.5 Å². The zero-order valence-electron chi connectivity index (χ0n) is 24.2. The number of amides is 2. The van der Waals surface area contributed by atoms with Gasteiger partial charge in [0.15, 0.2) is 0 Å². The first kappa shape index (κ1) is 33.3. The maximum absolute atomic E-state index is 12.6. The van der Waals surface area contributed by atoms with Crippen LogP contribution in [0, 0.1) is 13.8 Å². The van der Waals surface area contributed by atoms with Crippen molar-refractivity contribution in [1.82, 2.24) is 19.9 Å². The molecular formula is C28H30N8O6S3. The lowest BCUT2D eigenvalue weighted by atomic mass is 10.3. The largest absolute Gasteiger partial charge is 0.326 e. The number of rotatable bonds is 14. The van der Waals surface area contributed by atoms with Crippen molar-refractivity contribution in [3.63, 3.8) is 0 Å². The van der Waals surface area contributed by atoms with Crippen LogP contribution in [0.3, 0.4) is 0 Å². The molecule has 0 saturated heterocycles. The molecule has 0 atom stereocenters. The van der Waals surface area contributed by atoms with E-state index < -0.39 is 20.0 Å². The number of carbonyl (C=O) groups is 2. The average molecular weight is 671 g/mol. The molecule has 0 radical (unpaired) electrons. The third kappa shape index (κ3) is 10.2. The number of carbonyl (C=O) groups excluding carboxylic acids is 2.